The number of carbonyl (C=O) groups is 2. The van der Waals surface area contributed by atoms with Crippen LogP contribution in [-0.2, 0) is 4.79 Å². The van der Waals surface area contributed by atoms with Gasteiger partial charge in [-0.05, 0) is 36.8 Å². The summed E-state index contributed by atoms with van der Waals surface area (Å²) in [7, 11) is 1.54. The number of methoxy groups -OCH3 is 1. The fourth-order valence-corrected chi connectivity index (χ4v) is 2.94. The van der Waals surface area contributed by atoms with Crippen LogP contribution in [0.25, 0.3) is 0 Å². The average Bonchev–Trinajstić information content (AvgIpc) is 2.68. The first-order chi connectivity index (χ1) is 13.4. The minimum Gasteiger partial charge on any atom is -0.497 e. The molecule has 2 aromatic carbocycles. The zero-order valence-electron chi connectivity index (χ0n) is 15.2. The van der Waals surface area contributed by atoms with Gasteiger partial charge in [-0.2, -0.15) is 0 Å². The number of non-ortho nitro benzene ring substituents is 1. The Balaban J connectivity index is 1.93. The number of hydrogen-bond acceptors (Lipinski definition) is 5. The number of urea groups is 1. The normalized spacial score (nSPS) is 16.1. The number of carbonyl (C=O) groups excluding carboxylic acids is 2. The number of allylic oxidation sites excluding steroid dienone is 1. The van der Waals surface area contributed by atoms with E-state index in [1.165, 1.54) is 18.2 Å². The third-order valence-electron chi connectivity index (χ3n) is 4.28. The summed E-state index contributed by atoms with van der Waals surface area (Å²) in [5, 5.41) is 19.1. The van der Waals surface area contributed by atoms with Crippen LogP contribution in [0.15, 0.2) is 59.8 Å². The van der Waals surface area contributed by atoms with E-state index in [4.69, 9.17) is 4.74 Å². The molecule has 0 bridgehead atoms. The van der Waals surface area contributed by atoms with Crippen molar-refractivity contribution < 1.29 is 19.2 Å². The van der Waals surface area contributed by atoms with E-state index < -0.39 is 22.9 Å². The van der Waals surface area contributed by atoms with Gasteiger partial charge in [-0.15, -0.1) is 0 Å². The summed E-state index contributed by atoms with van der Waals surface area (Å²) >= 11 is 0. The van der Waals surface area contributed by atoms with Crippen molar-refractivity contribution in [1.82, 2.24) is 10.6 Å². The second-order valence-electron chi connectivity index (χ2n) is 6.10. The van der Waals surface area contributed by atoms with Crippen molar-refractivity contribution in [2.24, 2.45) is 0 Å². The molecule has 3 amide bonds. The van der Waals surface area contributed by atoms with Crippen LogP contribution >= 0.6 is 0 Å². The molecular formula is C19H18N4O5. The highest BCUT2D eigenvalue weighted by Crippen LogP contribution is 2.30. The maximum absolute atomic E-state index is 12.9. The number of ether oxygens (including phenoxy) is 1. The SMILES string of the molecule is COc1ccc(NC(=O)C2=C(C)NC(=O)N[C@@H]2c2cccc([N+](=O)[O-])c2)cc1. The molecule has 1 heterocycles. The molecule has 1 aliphatic rings. The molecule has 144 valence electrons. The molecule has 0 aromatic heterocycles. The topological polar surface area (TPSA) is 123 Å². The fraction of sp³-hybridized carbons (Fsp3) is 0.158. The van der Waals surface area contributed by atoms with Crippen molar-refractivity contribution in [1.29, 1.82) is 0 Å². The lowest BCUT2D eigenvalue weighted by Gasteiger charge is -2.28. The number of nitro benzene ring substituents is 1. The molecule has 1 aliphatic heterocycles. The predicted molar refractivity (Wildman–Crippen MR) is 102 cm³/mol. The van der Waals surface area contributed by atoms with Gasteiger partial charge in [0.2, 0.25) is 0 Å². The number of hydrogen-bond donors (Lipinski definition) is 3. The molecule has 9 nitrogen and oxygen atoms in total. The Morgan fingerprint density at radius 3 is 2.57 bits per heavy atom. The number of nitrogens with one attached hydrogen (secondary N) is 3. The molecule has 0 saturated carbocycles. The van der Waals surface area contributed by atoms with E-state index in [-0.39, 0.29) is 11.3 Å². The lowest BCUT2D eigenvalue weighted by Crippen LogP contribution is -2.46. The van der Waals surface area contributed by atoms with Crippen molar-refractivity contribution in [3.05, 3.63) is 75.5 Å². The highest BCUT2D eigenvalue weighted by Gasteiger charge is 2.32. The number of amides is 3. The van der Waals surface area contributed by atoms with Gasteiger partial charge in [-0.25, -0.2) is 4.79 Å². The van der Waals surface area contributed by atoms with E-state index in [1.807, 2.05) is 0 Å². The second kappa shape index (κ2) is 7.78. The number of nitrogens with zero attached hydrogens (tertiary/aromatic N) is 1. The van der Waals surface area contributed by atoms with Crippen molar-refractivity contribution in [2.75, 3.05) is 12.4 Å². The van der Waals surface area contributed by atoms with Crippen LogP contribution < -0.4 is 20.7 Å². The van der Waals surface area contributed by atoms with Gasteiger partial charge in [-0.1, -0.05) is 12.1 Å². The number of nitro groups is 1. The highest BCUT2D eigenvalue weighted by atomic mass is 16.6. The predicted octanol–water partition coefficient (Wildman–Crippen LogP) is 2.87. The first kappa shape index (κ1) is 18.9. The lowest BCUT2D eigenvalue weighted by molar-refractivity contribution is -0.384. The Kier molecular flexibility index (Phi) is 5.25. The molecule has 0 radical (unpaired) electrons. The summed E-state index contributed by atoms with van der Waals surface area (Å²) in [6.45, 7) is 1.60. The van der Waals surface area contributed by atoms with Crippen LogP contribution in [0, 0.1) is 10.1 Å². The standard InChI is InChI=1S/C19H18N4O5/c1-11-16(18(24)21-13-6-8-15(28-2)9-7-13)17(22-19(25)20-11)12-4-3-5-14(10-12)23(26)27/h3-10,17H,1-2H3,(H,21,24)(H2,20,22,25)/t17-/m1/s1. The monoisotopic (exact) mass is 382 g/mol. The number of rotatable bonds is 5. The van der Waals surface area contributed by atoms with Crippen LogP contribution in [-0.4, -0.2) is 24.0 Å². The summed E-state index contributed by atoms with van der Waals surface area (Å²) in [5.74, 6) is 0.209. The highest BCUT2D eigenvalue weighted by molar-refractivity contribution is 6.06. The van der Waals surface area contributed by atoms with Gasteiger partial charge >= 0.3 is 6.03 Å². The molecule has 28 heavy (non-hydrogen) atoms. The Bertz CT molecular complexity index is 969. The minimum atomic E-state index is -0.827. The maximum atomic E-state index is 12.9. The Morgan fingerprint density at radius 2 is 1.93 bits per heavy atom. The van der Waals surface area contributed by atoms with E-state index >= 15 is 0 Å². The molecule has 2 aromatic rings. The Labute approximate surface area is 160 Å². The maximum Gasteiger partial charge on any atom is 0.319 e. The molecule has 0 saturated heterocycles. The van der Waals surface area contributed by atoms with E-state index in [0.29, 0.717) is 22.7 Å². The molecule has 1 atom stereocenters. The van der Waals surface area contributed by atoms with Gasteiger partial charge in [-0.3, -0.25) is 14.9 Å². The van der Waals surface area contributed by atoms with Gasteiger partial charge in [0.1, 0.15) is 5.75 Å². The second-order valence-corrected chi connectivity index (χ2v) is 6.10. The lowest BCUT2D eigenvalue weighted by atomic mass is 9.94. The van der Waals surface area contributed by atoms with Gasteiger partial charge in [0.15, 0.2) is 0 Å². The zero-order valence-corrected chi connectivity index (χ0v) is 15.2. The quantitative estimate of drug-likeness (QED) is 0.542. The smallest absolute Gasteiger partial charge is 0.319 e. The summed E-state index contributed by atoms with van der Waals surface area (Å²) in [6, 6.07) is 11.3. The molecule has 3 rings (SSSR count). The summed E-state index contributed by atoms with van der Waals surface area (Å²) < 4.78 is 5.09. The average molecular weight is 382 g/mol. The van der Waals surface area contributed by atoms with Crippen LogP contribution in [0.2, 0.25) is 0 Å². The van der Waals surface area contributed by atoms with Crippen LogP contribution in [0.4, 0.5) is 16.2 Å². The molecular weight excluding hydrogens is 364 g/mol. The Hall–Kier alpha value is -3.88. The molecule has 3 N–H and O–H groups in total. The molecule has 0 unspecified atom stereocenters. The van der Waals surface area contributed by atoms with Crippen molar-refractivity contribution in [3.8, 4) is 5.75 Å². The number of benzene rings is 2. The molecule has 9 heteroatoms. The Morgan fingerprint density at radius 1 is 1.21 bits per heavy atom. The van der Waals surface area contributed by atoms with E-state index in [2.05, 4.69) is 16.0 Å². The zero-order chi connectivity index (χ0) is 20.3. The minimum absolute atomic E-state index is 0.127. The summed E-state index contributed by atoms with van der Waals surface area (Å²) in [5.41, 5.74) is 1.48. The molecule has 0 spiro atoms. The van der Waals surface area contributed by atoms with E-state index in [9.17, 15) is 19.7 Å². The van der Waals surface area contributed by atoms with Gasteiger partial charge in [0.25, 0.3) is 11.6 Å². The largest absolute Gasteiger partial charge is 0.497 e. The third-order valence-corrected chi connectivity index (χ3v) is 4.28. The third kappa shape index (κ3) is 3.93. The molecule has 0 fully saturated rings. The first-order valence-corrected chi connectivity index (χ1v) is 8.37. The van der Waals surface area contributed by atoms with Gasteiger partial charge in [0, 0.05) is 23.5 Å². The van der Waals surface area contributed by atoms with Crippen LogP contribution in [0.1, 0.15) is 18.5 Å². The fourth-order valence-electron chi connectivity index (χ4n) is 2.94. The van der Waals surface area contributed by atoms with E-state index in [1.54, 1.807) is 44.4 Å². The van der Waals surface area contributed by atoms with E-state index in [0.717, 1.165) is 0 Å². The number of anilines is 1. The van der Waals surface area contributed by atoms with Crippen molar-refractivity contribution in [2.45, 2.75) is 13.0 Å². The summed E-state index contributed by atoms with van der Waals surface area (Å²) in [6.07, 6.45) is 0. The van der Waals surface area contributed by atoms with Crippen LogP contribution in [0.5, 0.6) is 5.75 Å². The van der Waals surface area contributed by atoms with Crippen molar-refractivity contribution in [3.63, 3.8) is 0 Å². The molecule has 0 aliphatic carbocycles. The van der Waals surface area contributed by atoms with Gasteiger partial charge < -0.3 is 20.7 Å². The summed E-state index contributed by atoms with van der Waals surface area (Å²) in [4.78, 5) is 35.4. The van der Waals surface area contributed by atoms with Gasteiger partial charge in [0.05, 0.1) is 23.6 Å². The van der Waals surface area contributed by atoms with Crippen LogP contribution in [0.3, 0.4) is 0 Å². The van der Waals surface area contributed by atoms with Crippen molar-refractivity contribution >= 4 is 23.3 Å². The first-order valence-electron chi connectivity index (χ1n) is 8.37.